The third-order valence-electron chi connectivity index (χ3n) is 5.69. The van der Waals surface area contributed by atoms with Crippen LogP contribution in [0.3, 0.4) is 0 Å². The molecule has 1 N–H and O–H groups in total. The van der Waals surface area contributed by atoms with Crippen LogP contribution in [0, 0.1) is 0 Å². The average molecular weight is 443 g/mol. The number of benzene rings is 1. The lowest BCUT2D eigenvalue weighted by molar-refractivity contribution is -0.122. The van der Waals surface area contributed by atoms with Gasteiger partial charge < -0.3 is 10.1 Å². The number of sulfone groups is 1. The highest BCUT2D eigenvalue weighted by atomic mass is 35.5. The summed E-state index contributed by atoms with van der Waals surface area (Å²) < 4.78 is 30.3. The number of nitrogens with zero attached hydrogens (tertiary/aromatic N) is 1. The second-order valence-electron chi connectivity index (χ2n) is 8.04. The molecule has 1 aliphatic heterocycles. The molecule has 162 valence electrons. The summed E-state index contributed by atoms with van der Waals surface area (Å²) in [5.41, 5.74) is 1.16. The van der Waals surface area contributed by atoms with Crippen molar-refractivity contribution in [1.29, 1.82) is 0 Å². The molecule has 1 atom stereocenters. The minimum absolute atomic E-state index is 0.0610. The van der Waals surface area contributed by atoms with Gasteiger partial charge in [-0.1, -0.05) is 36.6 Å². The fraction of sp³-hybridized carbons (Fsp3) is 0.667. The zero-order valence-electron chi connectivity index (χ0n) is 16.8. The summed E-state index contributed by atoms with van der Waals surface area (Å²) in [5, 5.41) is 3.44. The molecule has 0 unspecified atom stereocenters. The third-order valence-corrected chi connectivity index (χ3v) is 8.27. The smallest absolute Gasteiger partial charge is 0.220 e. The van der Waals surface area contributed by atoms with Crippen molar-refractivity contribution in [2.45, 2.75) is 56.4 Å². The number of ether oxygens (including phenoxy) is 1. The monoisotopic (exact) mass is 442 g/mol. The normalized spacial score (nSPS) is 21.3. The minimum atomic E-state index is -3.05. The van der Waals surface area contributed by atoms with Gasteiger partial charge in [0.25, 0.3) is 0 Å². The Kier molecular flexibility index (Phi) is 8.35. The first kappa shape index (κ1) is 22.5. The third kappa shape index (κ3) is 7.24. The molecule has 6 nitrogen and oxygen atoms in total. The molecule has 1 saturated heterocycles. The van der Waals surface area contributed by atoms with Crippen LogP contribution in [0.1, 0.15) is 44.1 Å². The van der Waals surface area contributed by atoms with Crippen LogP contribution in [0.25, 0.3) is 0 Å². The van der Waals surface area contributed by atoms with Crippen LogP contribution in [0.5, 0.6) is 0 Å². The molecule has 1 saturated carbocycles. The molecule has 0 bridgehead atoms. The van der Waals surface area contributed by atoms with E-state index in [1.54, 1.807) is 0 Å². The zero-order valence-corrected chi connectivity index (χ0v) is 18.4. The van der Waals surface area contributed by atoms with Crippen LogP contribution in [0.4, 0.5) is 0 Å². The zero-order chi connectivity index (χ0) is 20.7. The van der Waals surface area contributed by atoms with Gasteiger partial charge in [0.05, 0.1) is 23.7 Å². The summed E-state index contributed by atoms with van der Waals surface area (Å²) in [6.45, 7) is 3.45. The van der Waals surface area contributed by atoms with E-state index in [1.807, 2.05) is 18.2 Å². The Morgan fingerprint density at radius 1 is 1.28 bits per heavy atom. The first-order valence-electron chi connectivity index (χ1n) is 10.5. The van der Waals surface area contributed by atoms with Crippen LogP contribution >= 0.6 is 11.6 Å². The number of morpholine rings is 1. The first-order valence-corrected chi connectivity index (χ1v) is 12.6. The van der Waals surface area contributed by atoms with Gasteiger partial charge in [0.1, 0.15) is 0 Å². The van der Waals surface area contributed by atoms with Crippen molar-refractivity contribution in [2.24, 2.45) is 0 Å². The van der Waals surface area contributed by atoms with Crippen LogP contribution in [0.2, 0.25) is 5.02 Å². The summed E-state index contributed by atoms with van der Waals surface area (Å²) in [4.78, 5) is 14.4. The molecule has 2 fully saturated rings. The Morgan fingerprint density at radius 2 is 2.07 bits per heavy atom. The second kappa shape index (κ2) is 10.8. The predicted molar refractivity (Wildman–Crippen MR) is 115 cm³/mol. The summed E-state index contributed by atoms with van der Waals surface area (Å²) in [5.74, 6) is 0.000465. The Labute approximate surface area is 178 Å². The van der Waals surface area contributed by atoms with E-state index in [0.717, 1.165) is 55.9 Å². The van der Waals surface area contributed by atoms with Gasteiger partial charge in [0, 0.05) is 37.6 Å². The standard InChI is InChI=1S/C21H31ClN2O4S/c22-18-6-3-5-17(13-18)15-24-10-11-28-19(16-24)14-23-21(25)9-4-12-29(26,27)20-7-1-2-8-20/h3,5-6,13,19-20H,1-2,4,7-12,14-16H2,(H,23,25)/t19-/m0/s1. The largest absolute Gasteiger partial charge is 0.374 e. The van der Waals surface area contributed by atoms with Gasteiger partial charge in [0.15, 0.2) is 9.84 Å². The van der Waals surface area contributed by atoms with E-state index in [2.05, 4.69) is 16.3 Å². The Morgan fingerprint density at radius 3 is 2.83 bits per heavy atom. The summed E-state index contributed by atoms with van der Waals surface area (Å²) >= 11 is 6.05. The van der Waals surface area contributed by atoms with E-state index in [0.29, 0.717) is 19.6 Å². The van der Waals surface area contributed by atoms with Gasteiger partial charge in [-0.15, -0.1) is 0 Å². The molecule has 0 spiro atoms. The molecule has 1 aromatic rings. The van der Waals surface area contributed by atoms with E-state index in [1.165, 1.54) is 0 Å². The maximum atomic E-state index is 12.3. The number of carbonyl (C=O) groups excluding carboxylic acids is 1. The van der Waals surface area contributed by atoms with Gasteiger partial charge in [-0.2, -0.15) is 0 Å². The molecule has 1 amide bonds. The molecule has 29 heavy (non-hydrogen) atoms. The predicted octanol–water partition coefficient (Wildman–Crippen LogP) is 2.79. The number of hydrogen-bond acceptors (Lipinski definition) is 5. The van der Waals surface area contributed by atoms with E-state index in [-0.39, 0.29) is 29.4 Å². The van der Waals surface area contributed by atoms with Crippen molar-refractivity contribution in [3.63, 3.8) is 0 Å². The van der Waals surface area contributed by atoms with Crippen LogP contribution in [-0.2, 0) is 25.9 Å². The maximum Gasteiger partial charge on any atom is 0.220 e. The topological polar surface area (TPSA) is 75.7 Å². The fourth-order valence-electron chi connectivity index (χ4n) is 4.11. The van der Waals surface area contributed by atoms with Crippen LogP contribution < -0.4 is 5.32 Å². The van der Waals surface area contributed by atoms with Crippen molar-refractivity contribution < 1.29 is 17.9 Å². The molecule has 0 aromatic heterocycles. The quantitative estimate of drug-likeness (QED) is 0.636. The Hall–Kier alpha value is -1.15. The first-order chi connectivity index (χ1) is 13.9. The maximum absolute atomic E-state index is 12.3. The van der Waals surface area contributed by atoms with E-state index >= 15 is 0 Å². The number of amides is 1. The highest BCUT2D eigenvalue weighted by Crippen LogP contribution is 2.25. The van der Waals surface area contributed by atoms with E-state index in [9.17, 15) is 13.2 Å². The van der Waals surface area contributed by atoms with Crippen molar-refractivity contribution in [2.75, 3.05) is 32.0 Å². The van der Waals surface area contributed by atoms with Crippen LogP contribution in [0.15, 0.2) is 24.3 Å². The molecule has 3 rings (SSSR count). The lowest BCUT2D eigenvalue weighted by atomic mass is 10.2. The SMILES string of the molecule is O=C(CCCS(=O)(=O)C1CCCC1)NC[C@H]1CN(Cc2cccc(Cl)c2)CCO1. The van der Waals surface area contributed by atoms with Crippen molar-refractivity contribution in [3.05, 3.63) is 34.9 Å². The number of nitrogens with one attached hydrogen (secondary N) is 1. The van der Waals surface area contributed by atoms with E-state index < -0.39 is 9.84 Å². The minimum Gasteiger partial charge on any atom is -0.374 e. The van der Waals surface area contributed by atoms with Gasteiger partial charge in [-0.05, 0) is 37.0 Å². The average Bonchev–Trinajstić information content (AvgIpc) is 3.22. The lowest BCUT2D eigenvalue weighted by Gasteiger charge is -2.33. The van der Waals surface area contributed by atoms with Crippen molar-refractivity contribution in [1.82, 2.24) is 10.2 Å². The molecule has 2 aliphatic rings. The summed E-state index contributed by atoms with van der Waals surface area (Å²) in [6, 6.07) is 7.83. The van der Waals surface area contributed by atoms with Gasteiger partial charge in [-0.3, -0.25) is 9.69 Å². The highest BCUT2D eigenvalue weighted by Gasteiger charge is 2.28. The molecular formula is C21H31ClN2O4S. The summed E-state index contributed by atoms with van der Waals surface area (Å²) in [6.07, 6.45) is 4.12. The number of halogens is 1. The van der Waals surface area contributed by atoms with Crippen molar-refractivity contribution >= 4 is 27.3 Å². The molecular weight excluding hydrogens is 412 g/mol. The second-order valence-corrected chi connectivity index (χ2v) is 10.9. The Balaban J connectivity index is 1.35. The van der Waals surface area contributed by atoms with Gasteiger partial charge in [-0.25, -0.2) is 8.42 Å². The van der Waals surface area contributed by atoms with Gasteiger partial charge in [0.2, 0.25) is 5.91 Å². The highest BCUT2D eigenvalue weighted by molar-refractivity contribution is 7.92. The molecule has 8 heteroatoms. The summed E-state index contributed by atoms with van der Waals surface area (Å²) in [7, 11) is -3.05. The number of carbonyl (C=O) groups is 1. The van der Waals surface area contributed by atoms with E-state index in [4.69, 9.17) is 16.3 Å². The molecule has 0 radical (unpaired) electrons. The molecule has 1 aliphatic carbocycles. The number of rotatable bonds is 9. The van der Waals surface area contributed by atoms with Gasteiger partial charge >= 0.3 is 0 Å². The fourth-order valence-corrected chi connectivity index (χ4v) is 6.25. The number of hydrogen-bond donors (Lipinski definition) is 1. The van der Waals surface area contributed by atoms with Crippen molar-refractivity contribution in [3.8, 4) is 0 Å². The molecule has 1 heterocycles. The lowest BCUT2D eigenvalue weighted by Crippen LogP contribution is -2.47. The molecule has 1 aromatic carbocycles. The Bertz CT molecular complexity index is 781. The van der Waals surface area contributed by atoms with Crippen LogP contribution in [-0.4, -0.2) is 62.6 Å².